The highest BCUT2D eigenvalue weighted by molar-refractivity contribution is 4.79. The minimum atomic E-state index is 1.19. The van der Waals surface area contributed by atoms with E-state index in [0.29, 0.717) is 0 Å². The summed E-state index contributed by atoms with van der Waals surface area (Å²) in [6.07, 6.45) is 13.8. The van der Waals surface area contributed by atoms with Crippen LogP contribution in [0.15, 0.2) is 12.2 Å². The highest BCUT2D eigenvalue weighted by Crippen LogP contribution is 2.02. The molecule has 0 heteroatoms. The number of hydrogen-bond acceptors (Lipinski definition) is 0. The van der Waals surface area contributed by atoms with Gasteiger partial charge in [0.2, 0.25) is 0 Å². The van der Waals surface area contributed by atoms with Crippen molar-refractivity contribution in [1.29, 1.82) is 0 Å². The van der Waals surface area contributed by atoms with E-state index in [2.05, 4.69) is 39.8 Å². The smallest absolute Gasteiger partial charge is 0.0351 e. The van der Waals surface area contributed by atoms with E-state index in [1.54, 1.807) is 0 Å². The predicted octanol–water partition coefficient (Wildman–Crippen LogP) is 6.37. The van der Waals surface area contributed by atoms with Crippen LogP contribution in [0.2, 0.25) is 0 Å². The Labute approximate surface area is 99.2 Å². The summed E-state index contributed by atoms with van der Waals surface area (Å²) in [4.78, 5) is 0. The van der Waals surface area contributed by atoms with Crippen LogP contribution in [0.1, 0.15) is 86.5 Å². The van der Waals surface area contributed by atoms with Crippen LogP contribution in [0, 0.1) is 0 Å². The van der Waals surface area contributed by atoms with E-state index >= 15 is 0 Å². The minimum Gasteiger partial charge on any atom is -0.0888 e. The summed E-state index contributed by atoms with van der Waals surface area (Å²) in [6, 6.07) is 0. The zero-order valence-corrected chi connectivity index (χ0v) is 12.1. The molecular formula is C15H34. The summed E-state index contributed by atoms with van der Waals surface area (Å²) in [5, 5.41) is 0. The van der Waals surface area contributed by atoms with E-state index in [4.69, 9.17) is 0 Å². The van der Waals surface area contributed by atoms with Crippen molar-refractivity contribution in [1.82, 2.24) is 0 Å². The Morgan fingerprint density at radius 3 is 1.67 bits per heavy atom. The van der Waals surface area contributed by atoms with Crippen molar-refractivity contribution in [3.8, 4) is 0 Å². The molecule has 0 unspecified atom stereocenters. The second kappa shape index (κ2) is 29.2. The van der Waals surface area contributed by atoms with E-state index in [0.717, 1.165) is 0 Å². The normalized spacial score (nSPS) is 8.93. The van der Waals surface area contributed by atoms with Gasteiger partial charge in [0.15, 0.2) is 0 Å². The molecule has 0 heterocycles. The maximum atomic E-state index is 2.30. The van der Waals surface area contributed by atoms with Gasteiger partial charge in [0.25, 0.3) is 0 Å². The van der Waals surface area contributed by atoms with Crippen LogP contribution in [0.3, 0.4) is 0 Å². The predicted molar refractivity (Wildman–Crippen MR) is 75.5 cm³/mol. The molecule has 0 bridgehead atoms. The van der Waals surface area contributed by atoms with Crippen molar-refractivity contribution >= 4 is 0 Å². The largest absolute Gasteiger partial charge is 0.0888 e. The fourth-order valence-corrected chi connectivity index (χ4v) is 0.973. The molecule has 0 aromatic heterocycles. The van der Waals surface area contributed by atoms with Gasteiger partial charge in [-0.2, -0.15) is 0 Å². The Morgan fingerprint density at radius 1 is 0.733 bits per heavy atom. The molecule has 0 fully saturated rings. The topological polar surface area (TPSA) is 0 Å². The monoisotopic (exact) mass is 214 g/mol. The summed E-state index contributed by atoms with van der Waals surface area (Å²) in [5.74, 6) is 0. The molecular weight excluding hydrogens is 180 g/mol. The van der Waals surface area contributed by atoms with Crippen LogP contribution in [-0.2, 0) is 0 Å². The maximum Gasteiger partial charge on any atom is -0.0351 e. The lowest BCUT2D eigenvalue weighted by Crippen LogP contribution is -1.73. The molecule has 0 saturated heterocycles. The molecule has 0 aromatic rings. The number of allylic oxidation sites excluding steroid dienone is 2. The summed E-state index contributed by atoms with van der Waals surface area (Å²) in [7, 11) is 0. The second-order valence-corrected chi connectivity index (χ2v) is 3.44. The third-order valence-corrected chi connectivity index (χ3v) is 1.63. The van der Waals surface area contributed by atoms with Crippen LogP contribution < -0.4 is 0 Å². The summed E-state index contributed by atoms with van der Waals surface area (Å²) in [6.45, 7) is 12.7. The first-order valence-electron chi connectivity index (χ1n) is 6.98. The molecule has 0 radical (unpaired) electrons. The fourth-order valence-electron chi connectivity index (χ4n) is 0.973. The van der Waals surface area contributed by atoms with Gasteiger partial charge in [-0.15, -0.1) is 0 Å². The summed E-state index contributed by atoms with van der Waals surface area (Å²) in [5.41, 5.74) is 0. The average molecular weight is 214 g/mol. The Kier molecular flexibility index (Phi) is 39.3. The first kappa shape index (κ1) is 20.2. The quantitative estimate of drug-likeness (QED) is 0.356. The molecule has 15 heavy (non-hydrogen) atoms. The van der Waals surface area contributed by atoms with E-state index in [1.165, 1.54) is 44.9 Å². The molecule has 0 nitrogen and oxygen atoms in total. The molecule has 0 aromatic carbocycles. The molecule has 0 aliphatic heterocycles. The SMILES string of the molecule is CC.CC/C=C\CCCCCC.CCC. The number of rotatable bonds is 6. The van der Waals surface area contributed by atoms with Gasteiger partial charge in [-0.1, -0.05) is 79.4 Å². The molecule has 0 amide bonds. The Hall–Kier alpha value is -0.260. The van der Waals surface area contributed by atoms with Gasteiger partial charge in [0.1, 0.15) is 0 Å². The van der Waals surface area contributed by atoms with Crippen molar-refractivity contribution in [2.75, 3.05) is 0 Å². The van der Waals surface area contributed by atoms with E-state index in [9.17, 15) is 0 Å². The highest BCUT2D eigenvalue weighted by Gasteiger charge is 1.82. The van der Waals surface area contributed by atoms with Crippen molar-refractivity contribution in [2.45, 2.75) is 86.5 Å². The van der Waals surface area contributed by atoms with Crippen LogP contribution in [0.4, 0.5) is 0 Å². The first-order chi connectivity index (χ1) is 7.33. The van der Waals surface area contributed by atoms with Crippen molar-refractivity contribution in [3.05, 3.63) is 12.2 Å². The number of hydrogen-bond donors (Lipinski definition) is 0. The second-order valence-electron chi connectivity index (χ2n) is 3.44. The van der Waals surface area contributed by atoms with Crippen LogP contribution in [-0.4, -0.2) is 0 Å². The Morgan fingerprint density at radius 2 is 1.27 bits per heavy atom. The van der Waals surface area contributed by atoms with Crippen LogP contribution in [0.5, 0.6) is 0 Å². The molecule has 0 aliphatic carbocycles. The molecule has 0 N–H and O–H groups in total. The van der Waals surface area contributed by atoms with Crippen molar-refractivity contribution in [2.24, 2.45) is 0 Å². The highest BCUT2D eigenvalue weighted by atomic mass is 13.9. The lowest BCUT2D eigenvalue weighted by atomic mass is 10.1. The van der Waals surface area contributed by atoms with Gasteiger partial charge in [-0.3, -0.25) is 0 Å². The van der Waals surface area contributed by atoms with E-state index in [-0.39, 0.29) is 0 Å². The van der Waals surface area contributed by atoms with Gasteiger partial charge in [0, 0.05) is 0 Å². The van der Waals surface area contributed by atoms with E-state index in [1.807, 2.05) is 13.8 Å². The molecule has 0 saturated carbocycles. The van der Waals surface area contributed by atoms with E-state index < -0.39 is 0 Å². The van der Waals surface area contributed by atoms with Gasteiger partial charge in [-0.05, 0) is 19.3 Å². The molecule has 0 aliphatic rings. The zero-order valence-electron chi connectivity index (χ0n) is 12.1. The van der Waals surface area contributed by atoms with Crippen molar-refractivity contribution < 1.29 is 0 Å². The fraction of sp³-hybridized carbons (Fsp3) is 0.867. The Balaban J connectivity index is -0.000000245. The first-order valence-corrected chi connectivity index (χ1v) is 6.98. The maximum absolute atomic E-state index is 2.30. The standard InChI is InChI=1S/C10H20.C3H8.C2H6/c1-3-5-7-9-10-8-6-4-2;1-3-2;1-2/h5,7H,3-4,6,8-10H2,1-2H3;3H2,1-2H3;1-2H3/b7-5-;;. The van der Waals surface area contributed by atoms with Gasteiger partial charge in [0.05, 0.1) is 0 Å². The zero-order chi connectivity index (χ0) is 12.4. The van der Waals surface area contributed by atoms with Gasteiger partial charge >= 0.3 is 0 Å². The van der Waals surface area contributed by atoms with Gasteiger partial charge in [-0.25, -0.2) is 0 Å². The molecule has 94 valence electrons. The lowest BCUT2D eigenvalue weighted by molar-refractivity contribution is 0.674. The lowest BCUT2D eigenvalue weighted by Gasteiger charge is -1.92. The van der Waals surface area contributed by atoms with Crippen LogP contribution in [0.25, 0.3) is 0 Å². The minimum absolute atomic E-state index is 1.19. The summed E-state index contributed by atoms with van der Waals surface area (Å²) < 4.78 is 0. The van der Waals surface area contributed by atoms with Crippen LogP contribution >= 0.6 is 0 Å². The summed E-state index contributed by atoms with van der Waals surface area (Å²) >= 11 is 0. The van der Waals surface area contributed by atoms with Gasteiger partial charge < -0.3 is 0 Å². The molecule has 0 spiro atoms. The Bertz CT molecular complexity index is 82.0. The average Bonchev–Trinajstić information content (AvgIpc) is 2.27. The molecule has 0 atom stereocenters. The third-order valence-electron chi connectivity index (χ3n) is 1.63. The number of unbranched alkanes of at least 4 members (excludes halogenated alkanes) is 4. The van der Waals surface area contributed by atoms with Crippen molar-refractivity contribution in [3.63, 3.8) is 0 Å². The third kappa shape index (κ3) is 41.7. The molecule has 0 rings (SSSR count).